The maximum Gasteiger partial charge on any atom is 0.167 e. The van der Waals surface area contributed by atoms with E-state index >= 15 is 0 Å². The first-order valence-corrected chi connectivity index (χ1v) is 6.62. The van der Waals surface area contributed by atoms with E-state index in [9.17, 15) is 9.18 Å². The van der Waals surface area contributed by atoms with E-state index in [1.165, 1.54) is 32.4 Å². The Kier molecular flexibility index (Phi) is 4.81. The fraction of sp³-hybridized carbons (Fsp3) is 0.188. The lowest BCUT2D eigenvalue weighted by atomic mass is 10.0. The lowest BCUT2D eigenvalue weighted by Crippen LogP contribution is -2.06. The number of methoxy groups -OCH3 is 2. The molecule has 0 saturated heterocycles. The fourth-order valence-corrected chi connectivity index (χ4v) is 2.19. The number of Topliss-reactive ketones (excluding diaryl/α,β-unsaturated/α-hetero) is 1. The molecular weight excluding hydrogens is 295 g/mol. The third-order valence-electron chi connectivity index (χ3n) is 3.07. The Morgan fingerprint density at radius 1 is 1.10 bits per heavy atom. The number of hydrogen-bond donors (Lipinski definition) is 0. The van der Waals surface area contributed by atoms with E-state index in [0.29, 0.717) is 21.9 Å². The first-order valence-electron chi connectivity index (χ1n) is 6.24. The fourth-order valence-electron chi connectivity index (χ4n) is 1.99. The summed E-state index contributed by atoms with van der Waals surface area (Å²) < 4.78 is 23.4. The second kappa shape index (κ2) is 6.59. The van der Waals surface area contributed by atoms with Gasteiger partial charge in [-0.1, -0.05) is 11.6 Å². The number of ether oxygens (including phenoxy) is 2. The van der Waals surface area contributed by atoms with Crippen molar-refractivity contribution in [3.05, 3.63) is 58.4 Å². The van der Waals surface area contributed by atoms with Crippen LogP contribution < -0.4 is 9.47 Å². The van der Waals surface area contributed by atoms with E-state index in [1.54, 1.807) is 18.2 Å². The zero-order chi connectivity index (χ0) is 15.4. The summed E-state index contributed by atoms with van der Waals surface area (Å²) in [6.07, 6.45) is 0.110. The SMILES string of the molecule is COc1cc(C(=O)Cc2cc(Cl)ccc2OC)ccc1F. The molecule has 0 atom stereocenters. The minimum absolute atomic E-state index is 0.0407. The Labute approximate surface area is 127 Å². The van der Waals surface area contributed by atoms with Crippen LogP contribution in [0.5, 0.6) is 11.5 Å². The van der Waals surface area contributed by atoms with Gasteiger partial charge in [0.05, 0.1) is 14.2 Å². The van der Waals surface area contributed by atoms with E-state index < -0.39 is 5.82 Å². The molecule has 2 aromatic rings. The van der Waals surface area contributed by atoms with Gasteiger partial charge >= 0.3 is 0 Å². The normalized spacial score (nSPS) is 10.3. The highest BCUT2D eigenvalue weighted by Gasteiger charge is 2.14. The molecule has 5 heteroatoms. The van der Waals surface area contributed by atoms with Crippen molar-refractivity contribution < 1.29 is 18.7 Å². The van der Waals surface area contributed by atoms with E-state index in [2.05, 4.69) is 0 Å². The monoisotopic (exact) mass is 308 g/mol. The van der Waals surface area contributed by atoms with Gasteiger partial charge in [-0.3, -0.25) is 4.79 Å². The number of carbonyl (C=O) groups excluding carboxylic acids is 1. The smallest absolute Gasteiger partial charge is 0.167 e. The molecule has 3 nitrogen and oxygen atoms in total. The van der Waals surface area contributed by atoms with Crippen molar-refractivity contribution in [1.82, 2.24) is 0 Å². The van der Waals surface area contributed by atoms with Crippen molar-refractivity contribution in [3.8, 4) is 11.5 Å². The summed E-state index contributed by atoms with van der Waals surface area (Å²) in [7, 11) is 2.88. The van der Waals surface area contributed by atoms with Crippen LogP contribution in [-0.4, -0.2) is 20.0 Å². The molecule has 0 aliphatic carbocycles. The lowest BCUT2D eigenvalue weighted by Gasteiger charge is -2.09. The van der Waals surface area contributed by atoms with Gasteiger partial charge in [0.1, 0.15) is 5.75 Å². The predicted octanol–water partition coefficient (Wildman–Crippen LogP) is 3.92. The topological polar surface area (TPSA) is 35.5 Å². The van der Waals surface area contributed by atoms with Gasteiger partial charge in [-0.2, -0.15) is 0 Å². The standard InChI is InChI=1S/C16H14ClFO3/c1-20-15-6-4-12(17)7-11(15)8-14(19)10-3-5-13(18)16(9-10)21-2/h3-7,9H,8H2,1-2H3. The molecule has 0 aliphatic rings. The second-order valence-electron chi connectivity index (χ2n) is 4.41. The third-order valence-corrected chi connectivity index (χ3v) is 3.30. The zero-order valence-electron chi connectivity index (χ0n) is 11.7. The van der Waals surface area contributed by atoms with E-state index in [1.807, 2.05) is 0 Å². The average Bonchev–Trinajstić information content (AvgIpc) is 2.48. The Balaban J connectivity index is 2.28. The molecule has 0 spiro atoms. The first-order chi connectivity index (χ1) is 10.0. The van der Waals surface area contributed by atoms with Crippen molar-refractivity contribution >= 4 is 17.4 Å². The molecule has 0 amide bonds. The highest BCUT2D eigenvalue weighted by Crippen LogP contribution is 2.25. The van der Waals surface area contributed by atoms with Gasteiger partial charge in [0.25, 0.3) is 0 Å². The van der Waals surface area contributed by atoms with Crippen molar-refractivity contribution in [2.24, 2.45) is 0 Å². The zero-order valence-corrected chi connectivity index (χ0v) is 12.4. The number of halogens is 2. The molecule has 0 aliphatic heterocycles. The molecular formula is C16H14ClFO3. The largest absolute Gasteiger partial charge is 0.496 e. The molecule has 110 valence electrons. The molecule has 2 aromatic carbocycles. The molecule has 0 fully saturated rings. The van der Waals surface area contributed by atoms with E-state index in [4.69, 9.17) is 21.1 Å². The molecule has 0 bridgehead atoms. The highest BCUT2D eigenvalue weighted by molar-refractivity contribution is 6.30. The number of benzene rings is 2. The van der Waals surface area contributed by atoms with Crippen LogP contribution in [0, 0.1) is 5.82 Å². The van der Waals surface area contributed by atoms with Gasteiger partial charge in [0.15, 0.2) is 17.3 Å². The van der Waals surface area contributed by atoms with Crippen LogP contribution in [0.25, 0.3) is 0 Å². The molecule has 2 rings (SSSR count). The van der Waals surface area contributed by atoms with E-state index in [-0.39, 0.29) is 18.0 Å². The molecule has 0 heterocycles. The quantitative estimate of drug-likeness (QED) is 0.785. The van der Waals surface area contributed by atoms with Gasteiger partial charge < -0.3 is 9.47 Å². The molecule has 21 heavy (non-hydrogen) atoms. The summed E-state index contributed by atoms with van der Waals surface area (Å²) in [5, 5.41) is 0.523. The van der Waals surface area contributed by atoms with Crippen LogP contribution in [0.4, 0.5) is 4.39 Å². The highest BCUT2D eigenvalue weighted by atomic mass is 35.5. The minimum Gasteiger partial charge on any atom is -0.496 e. The number of rotatable bonds is 5. The summed E-state index contributed by atoms with van der Waals surface area (Å²) in [5.41, 5.74) is 1.05. The summed E-state index contributed by atoms with van der Waals surface area (Å²) >= 11 is 5.94. The Hall–Kier alpha value is -2.07. The summed E-state index contributed by atoms with van der Waals surface area (Å²) in [5.74, 6) is -0.0519. The van der Waals surface area contributed by atoms with Gasteiger partial charge in [0, 0.05) is 22.6 Å². The molecule has 0 saturated carbocycles. The van der Waals surface area contributed by atoms with Crippen LogP contribution >= 0.6 is 11.6 Å². The Morgan fingerprint density at radius 2 is 1.81 bits per heavy atom. The Bertz CT molecular complexity index is 671. The van der Waals surface area contributed by atoms with Gasteiger partial charge in [-0.05, 0) is 36.4 Å². The van der Waals surface area contributed by atoms with Crippen LogP contribution in [0.3, 0.4) is 0 Å². The molecule has 0 N–H and O–H groups in total. The van der Waals surface area contributed by atoms with Crippen LogP contribution in [0.1, 0.15) is 15.9 Å². The van der Waals surface area contributed by atoms with Crippen LogP contribution in [0.15, 0.2) is 36.4 Å². The van der Waals surface area contributed by atoms with Crippen molar-refractivity contribution in [3.63, 3.8) is 0 Å². The minimum atomic E-state index is -0.505. The maximum atomic E-state index is 13.4. The van der Waals surface area contributed by atoms with Gasteiger partial charge in [0.2, 0.25) is 0 Å². The van der Waals surface area contributed by atoms with Gasteiger partial charge in [-0.15, -0.1) is 0 Å². The maximum absolute atomic E-state index is 13.4. The third kappa shape index (κ3) is 3.52. The second-order valence-corrected chi connectivity index (χ2v) is 4.84. The summed E-state index contributed by atoms with van der Waals surface area (Å²) in [6.45, 7) is 0. The number of carbonyl (C=O) groups is 1. The molecule has 0 aromatic heterocycles. The van der Waals surface area contributed by atoms with Crippen molar-refractivity contribution in [1.29, 1.82) is 0 Å². The van der Waals surface area contributed by atoms with Gasteiger partial charge in [-0.25, -0.2) is 4.39 Å². The Morgan fingerprint density at radius 3 is 2.48 bits per heavy atom. The average molecular weight is 309 g/mol. The number of ketones is 1. The summed E-state index contributed by atoms with van der Waals surface area (Å²) in [6, 6.07) is 9.09. The van der Waals surface area contributed by atoms with E-state index in [0.717, 1.165) is 0 Å². The van der Waals surface area contributed by atoms with Crippen LogP contribution in [-0.2, 0) is 6.42 Å². The predicted molar refractivity (Wildman–Crippen MR) is 79.0 cm³/mol. The van der Waals surface area contributed by atoms with Crippen molar-refractivity contribution in [2.75, 3.05) is 14.2 Å². The number of hydrogen-bond acceptors (Lipinski definition) is 3. The summed E-state index contributed by atoms with van der Waals surface area (Å²) in [4.78, 5) is 12.3. The lowest BCUT2D eigenvalue weighted by molar-refractivity contribution is 0.0991. The first kappa shape index (κ1) is 15.3. The van der Waals surface area contributed by atoms with Crippen molar-refractivity contribution in [2.45, 2.75) is 6.42 Å². The molecule has 0 unspecified atom stereocenters. The molecule has 0 radical (unpaired) electrons. The van der Waals surface area contributed by atoms with Crippen LogP contribution in [0.2, 0.25) is 5.02 Å².